The van der Waals surface area contributed by atoms with Crippen molar-refractivity contribution in [3.63, 3.8) is 0 Å². The molecule has 2 aliphatic heterocycles. The lowest BCUT2D eigenvalue weighted by Crippen LogP contribution is -2.38. The van der Waals surface area contributed by atoms with Crippen LogP contribution in [0.25, 0.3) is 10.8 Å². The van der Waals surface area contributed by atoms with Crippen LogP contribution in [-0.4, -0.2) is 65.4 Å². The summed E-state index contributed by atoms with van der Waals surface area (Å²) in [6.45, 7) is 9.00. The van der Waals surface area contributed by atoms with Crippen LogP contribution in [-0.2, 0) is 16.1 Å². The number of piperidine rings is 1. The Morgan fingerprint density at radius 3 is 2.31 bits per heavy atom. The Labute approximate surface area is 246 Å². The van der Waals surface area contributed by atoms with Crippen LogP contribution in [0.15, 0.2) is 72.3 Å². The van der Waals surface area contributed by atoms with E-state index in [-0.39, 0.29) is 23.7 Å². The van der Waals surface area contributed by atoms with Crippen LogP contribution >= 0.6 is 0 Å². The highest BCUT2D eigenvalue weighted by Gasteiger charge is 2.25. The van der Waals surface area contributed by atoms with Crippen molar-refractivity contribution in [2.24, 2.45) is 0 Å². The van der Waals surface area contributed by atoms with Gasteiger partial charge in [-0.3, -0.25) is 14.5 Å². The molecule has 0 saturated carbocycles. The molecule has 2 fully saturated rings. The van der Waals surface area contributed by atoms with E-state index in [1.807, 2.05) is 32.9 Å². The van der Waals surface area contributed by atoms with Crippen molar-refractivity contribution in [3.8, 4) is 0 Å². The molecule has 5 rings (SSSR count). The van der Waals surface area contributed by atoms with Gasteiger partial charge in [-0.15, -0.1) is 0 Å². The first-order valence-electron chi connectivity index (χ1n) is 14.6. The minimum absolute atomic E-state index is 0.0814. The second kappa shape index (κ2) is 12.4. The predicted molar refractivity (Wildman–Crippen MR) is 161 cm³/mol. The minimum Gasteiger partial charge on any atom is -0.456 e. The summed E-state index contributed by atoms with van der Waals surface area (Å²) in [5, 5.41) is 5.06. The molecule has 0 aromatic heterocycles. The summed E-state index contributed by atoms with van der Waals surface area (Å²) in [5.41, 5.74) is 2.56. The number of fused-ring (bicyclic) bond motifs is 1. The number of esters is 1. The van der Waals surface area contributed by atoms with Gasteiger partial charge in [0.05, 0.1) is 5.56 Å². The van der Waals surface area contributed by atoms with Crippen molar-refractivity contribution in [1.82, 2.24) is 15.1 Å². The average molecular weight is 572 g/mol. The van der Waals surface area contributed by atoms with Crippen LogP contribution in [0.4, 0.5) is 4.39 Å². The van der Waals surface area contributed by atoms with Gasteiger partial charge in [0, 0.05) is 50.4 Å². The Hall–Kier alpha value is -4.04. The fourth-order valence-corrected chi connectivity index (χ4v) is 5.55. The maximum absolute atomic E-state index is 13.5. The topological polar surface area (TPSA) is 79.0 Å². The summed E-state index contributed by atoms with van der Waals surface area (Å²) in [6, 6.07) is 17.6. The van der Waals surface area contributed by atoms with E-state index < -0.39 is 11.6 Å². The van der Waals surface area contributed by atoms with Crippen molar-refractivity contribution in [2.45, 2.75) is 58.2 Å². The Kier molecular flexibility index (Phi) is 8.73. The molecule has 0 radical (unpaired) electrons. The van der Waals surface area contributed by atoms with Gasteiger partial charge in [0.1, 0.15) is 11.4 Å². The minimum atomic E-state index is -0.581. The quantitative estimate of drug-likeness (QED) is 0.313. The van der Waals surface area contributed by atoms with E-state index in [0.29, 0.717) is 37.1 Å². The average Bonchev–Trinajstić information content (AvgIpc) is 3.38. The van der Waals surface area contributed by atoms with E-state index in [1.165, 1.54) is 11.6 Å². The number of benzene rings is 3. The molecule has 3 aromatic rings. The van der Waals surface area contributed by atoms with Crippen LogP contribution in [0, 0.1) is 5.82 Å². The van der Waals surface area contributed by atoms with Gasteiger partial charge < -0.3 is 15.0 Å². The third kappa shape index (κ3) is 7.62. The molecule has 0 aliphatic carbocycles. The second-order valence-corrected chi connectivity index (χ2v) is 12.2. The van der Waals surface area contributed by atoms with Crippen LogP contribution in [0.3, 0.4) is 0 Å². The lowest BCUT2D eigenvalue weighted by atomic mass is 10.0. The molecule has 0 unspecified atom stereocenters. The normalized spacial score (nSPS) is 17.8. The Balaban J connectivity index is 1.07. The molecule has 0 bridgehead atoms. The number of hydrogen-bond donors (Lipinski definition) is 1. The summed E-state index contributed by atoms with van der Waals surface area (Å²) in [7, 11) is 0. The lowest BCUT2D eigenvalue weighted by molar-refractivity contribution is -0.117. The van der Waals surface area contributed by atoms with Gasteiger partial charge in [-0.25, -0.2) is 9.18 Å². The number of nitrogens with one attached hydrogen (secondary N) is 1. The molecular formula is C34H38FN3O4. The van der Waals surface area contributed by atoms with Gasteiger partial charge in [-0.2, -0.15) is 0 Å². The first-order chi connectivity index (χ1) is 20.0. The first-order valence-corrected chi connectivity index (χ1v) is 14.6. The molecule has 1 N–H and O–H groups in total. The standard InChI is InChI=1S/C34H38FN3O4/c1-34(2,3)42-33(41)26-8-6-25(7-9-26)32(40)38-16-12-23(13-17-38)19-31(39)36-30-14-15-37(22-30)21-24-4-5-28-20-29(35)11-10-27(28)18-24/h4-11,18-20,30H,12-17,21-22H2,1-3H3,(H,36,39)/t30-/m1/s1. The van der Waals surface area contributed by atoms with Gasteiger partial charge >= 0.3 is 5.97 Å². The number of carbonyl (C=O) groups is 3. The third-order valence-corrected chi connectivity index (χ3v) is 7.69. The molecule has 2 amide bonds. The Morgan fingerprint density at radius 2 is 1.60 bits per heavy atom. The van der Waals surface area contributed by atoms with Crippen molar-refractivity contribution < 1.29 is 23.5 Å². The van der Waals surface area contributed by atoms with Gasteiger partial charge in [0.2, 0.25) is 5.91 Å². The highest BCUT2D eigenvalue weighted by Crippen LogP contribution is 2.22. The van der Waals surface area contributed by atoms with Gasteiger partial charge in [0.15, 0.2) is 0 Å². The van der Waals surface area contributed by atoms with E-state index >= 15 is 0 Å². The highest BCUT2D eigenvalue weighted by atomic mass is 19.1. The predicted octanol–water partition coefficient (Wildman–Crippen LogP) is 5.49. The molecule has 1 atom stereocenters. The summed E-state index contributed by atoms with van der Waals surface area (Å²) >= 11 is 0. The lowest BCUT2D eigenvalue weighted by Gasteiger charge is -2.28. The SMILES string of the molecule is CC(C)(C)OC(=O)c1ccc(C(=O)N2CCC(=CC(=O)N[C@@H]3CCN(Cc4ccc5cc(F)ccc5c4)C3)CC2)cc1. The van der Waals surface area contributed by atoms with Crippen LogP contribution in [0.2, 0.25) is 0 Å². The first kappa shape index (κ1) is 29.5. The fourth-order valence-electron chi connectivity index (χ4n) is 5.55. The summed E-state index contributed by atoms with van der Waals surface area (Å²) in [6.07, 6.45) is 3.89. The Bertz CT molecular complexity index is 1500. The zero-order chi connectivity index (χ0) is 29.9. The van der Waals surface area contributed by atoms with Crippen molar-refractivity contribution in [2.75, 3.05) is 26.2 Å². The maximum atomic E-state index is 13.5. The molecule has 8 heteroatoms. The van der Waals surface area contributed by atoms with Gasteiger partial charge in [-0.05, 0) is 98.8 Å². The smallest absolute Gasteiger partial charge is 0.338 e. The molecule has 2 saturated heterocycles. The second-order valence-electron chi connectivity index (χ2n) is 12.2. The molecule has 3 aromatic carbocycles. The zero-order valence-electron chi connectivity index (χ0n) is 24.5. The summed E-state index contributed by atoms with van der Waals surface area (Å²) in [4.78, 5) is 42.1. The van der Waals surface area contributed by atoms with E-state index in [2.05, 4.69) is 16.3 Å². The zero-order valence-corrected chi connectivity index (χ0v) is 24.5. The molecule has 220 valence electrons. The van der Waals surface area contributed by atoms with Crippen LogP contribution in [0.1, 0.15) is 66.3 Å². The Morgan fingerprint density at radius 1 is 0.929 bits per heavy atom. The third-order valence-electron chi connectivity index (χ3n) is 7.69. The van der Waals surface area contributed by atoms with Crippen LogP contribution < -0.4 is 5.32 Å². The monoisotopic (exact) mass is 571 g/mol. The van der Waals surface area contributed by atoms with E-state index in [1.54, 1.807) is 47.4 Å². The number of rotatable bonds is 6. The molecule has 2 heterocycles. The molecule has 42 heavy (non-hydrogen) atoms. The summed E-state index contributed by atoms with van der Waals surface area (Å²) < 4.78 is 18.9. The number of likely N-dealkylation sites (tertiary alicyclic amines) is 2. The number of ether oxygens (including phenoxy) is 1. The van der Waals surface area contributed by atoms with E-state index in [4.69, 9.17) is 4.74 Å². The van der Waals surface area contributed by atoms with Gasteiger partial charge in [-0.1, -0.05) is 23.8 Å². The van der Waals surface area contributed by atoms with E-state index in [9.17, 15) is 18.8 Å². The number of amides is 2. The summed E-state index contributed by atoms with van der Waals surface area (Å²) in [5.74, 6) is -0.812. The fraction of sp³-hybridized carbons (Fsp3) is 0.382. The molecule has 7 nitrogen and oxygen atoms in total. The number of halogens is 1. The highest BCUT2D eigenvalue weighted by molar-refractivity contribution is 5.96. The van der Waals surface area contributed by atoms with Crippen molar-refractivity contribution in [3.05, 3.63) is 94.8 Å². The number of hydrogen-bond acceptors (Lipinski definition) is 5. The molecule has 2 aliphatic rings. The largest absolute Gasteiger partial charge is 0.456 e. The number of carbonyl (C=O) groups excluding carboxylic acids is 3. The molecular weight excluding hydrogens is 533 g/mol. The van der Waals surface area contributed by atoms with Crippen molar-refractivity contribution in [1.29, 1.82) is 0 Å². The molecule has 0 spiro atoms. The number of nitrogens with zero attached hydrogens (tertiary/aromatic N) is 2. The maximum Gasteiger partial charge on any atom is 0.338 e. The van der Waals surface area contributed by atoms with Crippen molar-refractivity contribution >= 4 is 28.6 Å². The van der Waals surface area contributed by atoms with E-state index in [0.717, 1.165) is 42.4 Å². The van der Waals surface area contributed by atoms with Crippen LogP contribution in [0.5, 0.6) is 0 Å². The van der Waals surface area contributed by atoms with Gasteiger partial charge in [0.25, 0.3) is 5.91 Å².